The molecule has 2 rings (SSSR count). The van der Waals surface area contributed by atoms with Crippen molar-refractivity contribution in [2.75, 3.05) is 6.61 Å². The van der Waals surface area contributed by atoms with Gasteiger partial charge < -0.3 is 9.72 Å². The number of hydrogen-bond acceptors (Lipinski definition) is 3. The molecule has 0 aliphatic carbocycles. The number of ether oxygens (including phenoxy) is 1. The quantitative estimate of drug-likeness (QED) is 0.726. The van der Waals surface area contributed by atoms with Crippen molar-refractivity contribution in [2.45, 2.75) is 13.8 Å². The summed E-state index contributed by atoms with van der Waals surface area (Å²) in [5.41, 5.74) is 6.85. The number of hydrogen-bond donors (Lipinski definition) is 3. The van der Waals surface area contributed by atoms with Crippen LogP contribution in [-0.2, 0) is 4.79 Å². The van der Waals surface area contributed by atoms with E-state index in [9.17, 15) is 9.59 Å². The number of para-hydroxylation sites is 1. The van der Waals surface area contributed by atoms with Crippen molar-refractivity contribution >= 4 is 27.7 Å². The lowest BCUT2D eigenvalue weighted by atomic mass is 10.1. The highest BCUT2D eigenvalue weighted by atomic mass is 79.9. The molecule has 0 spiro atoms. The van der Waals surface area contributed by atoms with Crippen LogP contribution in [-0.4, -0.2) is 23.4 Å². The second-order valence-electron chi connectivity index (χ2n) is 4.74. The normalized spacial score (nSPS) is 10.1. The first-order valence-corrected chi connectivity index (χ1v) is 7.39. The molecule has 3 N–H and O–H groups in total. The van der Waals surface area contributed by atoms with Crippen LogP contribution in [0.15, 0.2) is 34.9 Å². The van der Waals surface area contributed by atoms with Gasteiger partial charge in [-0.3, -0.25) is 20.4 Å². The Morgan fingerprint density at radius 1 is 1.23 bits per heavy atom. The van der Waals surface area contributed by atoms with E-state index in [1.165, 1.54) is 0 Å². The highest BCUT2D eigenvalue weighted by Gasteiger charge is 2.10. The summed E-state index contributed by atoms with van der Waals surface area (Å²) in [7, 11) is 0. The largest absolute Gasteiger partial charge is 0.483 e. The lowest BCUT2D eigenvalue weighted by Crippen LogP contribution is -2.44. The Morgan fingerprint density at radius 2 is 1.91 bits per heavy atom. The van der Waals surface area contributed by atoms with Crippen molar-refractivity contribution in [3.8, 4) is 5.75 Å². The van der Waals surface area contributed by atoms with E-state index in [0.717, 1.165) is 15.6 Å². The molecule has 0 radical (unpaired) electrons. The van der Waals surface area contributed by atoms with Gasteiger partial charge in [-0.25, -0.2) is 0 Å². The van der Waals surface area contributed by atoms with Gasteiger partial charge in [0, 0.05) is 10.7 Å². The van der Waals surface area contributed by atoms with Crippen LogP contribution >= 0.6 is 15.9 Å². The van der Waals surface area contributed by atoms with Crippen LogP contribution < -0.4 is 15.6 Å². The van der Waals surface area contributed by atoms with Gasteiger partial charge in [0.05, 0.1) is 0 Å². The molecule has 22 heavy (non-hydrogen) atoms. The van der Waals surface area contributed by atoms with Crippen LogP contribution in [0.4, 0.5) is 0 Å². The van der Waals surface area contributed by atoms with Crippen molar-refractivity contribution in [3.63, 3.8) is 0 Å². The second kappa shape index (κ2) is 7.13. The topological polar surface area (TPSA) is 83.2 Å². The number of carbonyl (C=O) groups is 2. The molecule has 0 aliphatic rings. The number of carbonyl (C=O) groups excluding carboxylic acids is 2. The Balaban J connectivity index is 1.82. The maximum absolute atomic E-state index is 11.7. The van der Waals surface area contributed by atoms with Crippen LogP contribution in [0.1, 0.15) is 21.6 Å². The van der Waals surface area contributed by atoms with Crippen molar-refractivity contribution in [3.05, 3.63) is 51.8 Å². The lowest BCUT2D eigenvalue weighted by molar-refractivity contribution is -0.123. The van der Waals surface area contributed by atoms with Gasteiger partial charge in [-0.05, 0) is 47.0 Å². The number of benzene rings is 1. The number of halogens is 1. The van der Waals surface area contributed by atoms with Gasteiger partial charge in [0.1, 0.15) is 11.4 Å². The monoisotopic (exact) mass is 365 g/mol. The van der Waals surface area contributed by atoms with Gasteiger partial charge in [-0.2, -0.15) is 0 Å². The second-order valence-corrected chi connectivity index (χ2v) is 5.66. The number of rotatable bonds is 4. The lowest BCUT2D eigenvalue weighted by Gasteiger charge is -2.12. The van der Waals surface area contributed by atoms with E-state index in [1.54, 1.807) is 12.3 Å². The molecule has 1 aromatic heterocycles. The minimum absolute atomic E-state index is 0.180. The Labute approximate surface area is 136 Å². The number of aromatic amines is 1. The third-order valence-electron chi connectivity index (χ3n) is 2.96. The molecule has 0 atom stereocenters. The molecular weight excluding hydrogens is 350 g/mol. The summed E-state index contributed by atoms with van der Waals surface area (Å²) in [5, 5.41) is 0. The molecule has 0 saturated heterocycles. The maximum Gasteiger partial charge on any atom is 0.286 e. The van der Waals surface area contributed by atoms with Crippen LogP contribution in [0.25, 0.3) is 0 Å². The number of H-pyrrole nitrogens is 1. The maximum atomic E-state index is 11.7. The first kappa shape index (κ1) is 16.1. The predicted molar refractivity (Wildman–Crippen MR) is 85.5 cm³/mol. The Morgan fingerprint density at radius 3 is 2.50 bits per heavy atom. The van der Waals surface area contributed by atoms with E-state index >= 15 is 0 Å². The average molecular weight is 366 g/mol. The fourth-order valence-corrected chi connectivity index (χ4v) is 2.24. The van der Waals surface area contributed by atoms with Gasteiger partial charge in [-0.15, -0.1) is 0 Å². The van der Waals surface area contributed by atoms with Gasteiger partial charge in [0.15, 0.2) is 6.61 Å². The van der Waals surface area contributed by atoms with Crippen molar-refractivity contribution in [1.82, 2.24) is 15.8 Å². The average Bonchev–Trinajstić information content (AvgIpc) is 2.91. The third kappa shape index (κ3) is 4.11. The molecule has 2 aromatic rings. The van der Waals surface area contributed by atoms with Crippen LogP contribution in [0.3, 0.4) is 0 Å². The first-order valence-electron chi connectivity index (χ1n) is 6.59. The van der Waals surface area contributed by atoms with E-state index in [1.807, 2.05) is 32.0 Å². The summed E-state index contributed by atoms with van der Waals surface area (Å²) in [6.07, 6.45) is 1.63. The van der Waals surface area contributed by atoms with Gasteiger partial charge in [0.25, 0.3) is 11.8 Å². The first-order chi connectivity index (χ1) is 10.5. The number of nitrogens with one attached hydrogen (secondary N) is 3. The SMILES string of the molecule is Cc1cccc(C)c1OCC(=O)NNC(=O)c1cc(Br)c[nH]1. The van der Waals surface area contributed by atoms with Gasteiger partial charge in [0.2, 0.25) is 0 Å². The van der Waals surface area contributed by atoms with Crippen molar-refractivity contribution < 1.29 is 14.3 Å². The third-order valence-corrected chi connectivity index (χ3v) is 3.42. The van der Waals surface area contributed by atoms with Crippen LogP contribution in [0, 0.1) is 13.8 Å². The summed E-state index contributed by atoms with van der Waals surface area (Å²) < 4.78 is 6.24. The molecule has 0 aliphatic heterocycles. The number of aryl methyl sites for hydroxylation is 2. The van der Waals surface area contributed by atoms with Crippen LogP contribution in [0.5, 0.6) is 5.75 Å². The van der Waals surface area contributed by atoms with E-state index in [-0.39, 0.29) is 6.61 Å². The van der Waals surface area contributed by atoms with E-state index in [4.69, 9.17) is 4.74 Å². The molecule has 0 unspecified atom stereocenters. The molecule has 116 valence electrons. The van der Waals surface area contributed by atoms with Crippen molar-refractivity contribution in [2.24, 2.45) is 0 Å². The molecular formula is C15H16BrN3O3. The number of hydrazine groups is 1. The molecule has 0 bridgehead atoms. The smallest absolute Gasteiger partial charge is 0.286 e. The molecule has 1 heterocycles. The Kier molecular flexibility index (Phi) is 5.21. The highest BCUT2D eigenvalue weighted by Crippen LogP contribution is 2.21. The van der Waals surface area contributed by atoms with E-state index in [2.05, 4.69) is 31.8 Å². The fourth-order valence-electron chi connectivity index (χ4n) is 1.89. The highest BCUT2D eigenvalue weighted by molar-refractivity contribution is 9.10. The molecule has 1 aromatic carbocycles. The minimum Gasteiger partial charge on any atom is -0.483 e. The molecule has 0 saturated carbocycles. The van der Waals surface area contributed by atoms with E-state index in [0.29, 0.717) is 11.4 Å². The summed E-state index contributed by atoms with van der Waals surface area (Å²) >= 11 is 3.23. The molecule has 6 nitrogen and oxygen atoms in total. The summed E-state index contributed by atoms with van der Waals surface area (Å²) in [6, 6.07) is 7.34. The minimum atomic E-state index is -0.443. The standard InChI is InChI=1S/C15H16BrN3O3/c1-9-4-3-5-10(2)14(9)22-8-13(20)18-19-15(21)12-6-11(16)7-17-12/h3-7,17H,8H2,1-2H3,(H,18,20)(H,19,21). The van der Waals surface area contributed by atoms with Crippen LogP contribution in [0.2, 0.25) is 0 Å². The fraction of sp³-hybridized carbons (Fsp3) is 0.200. The Hall–Kier alpha value is -2.28. The van der Waals surface area contributed by atoms with E-state index < -0.39 is 11.8 Å². The molecule has 7 heteroatoms. The van der Waals surface area contributed by atoms with Gasteiger partial charge in [-0.1, -0.05) is 18.2 Å². The zero-order valence-corrected chi connectivity index (χ0v) is 13.8. The Bertz CT molecular complexity index is 677. The number of aromatic nitrogens is 1. The zero-order valence-electron chi connectivity index (χ0n) is 12.2. The summed E-state index contributed by atoms with van der Waals surface area (Å²) in [5.74, 6) is -0.204. The summed E-state index contributed by atoms with van der Waals surface area (Å²) in [4.78, 5) is 26.2. The van der Waals surface area contributed by atoms with Crippen molar-refractivity contribution in [1.29, 1.82) is 0 Å². The number of amides is 2. The zero-order chi connectivity index (χ0) is 16.1. The summed E-state index contributed by atoms with van der Waals surface area (Å²) in [6.45, 7) is 3.64. The molecule has 2 amide bonds. The predicted octanol–water partition coefficient (Wildman–Crippen LogP) is 2.23. The van der Waals surface area contributed by atoms with Gasteiger partial charge >= 0.3 is 0 Å². The molecule has 0 fully saturated rings.